The summed E-state index contributed by atoms with van der Waals surface area (Å²) in [5.41, 5.74) is 0. The Morgan fingerprint density at radius 2 is 1.73 bits per heavy atom. The van der Waals surface area contributed by atoms with Gasteiger partial charge in [0, 0.05) is 7.11 Å². The molecular weight excluding hydrogens is 300 g/mol. The van der Waals surface area contributed by atoms with Crippen molar-refractivity contribution in [2.75, 3.05) is 20.3 Å². The Kier molecular flexibility index (Phi) is 8.11. The molecule has 6 N–H and O–H groups in total. The van der Waals surface area contributed by atoms with Crippen molar-refractivity contribution in [3.05, 3.63) is 0 Å². The Balaban J connectivity index is 2.86. The van der Waals surface area contributed by atoms with E-state index in [2.05, 4.69) is 0 Å². The topological polar surface area (TPSA) is 149 Å². The molecule has 7 unspecified atom stereocenters. The minimum absolute atomic E-state index is 0.294. The number of hydrogen-bond donors (Lipinski definition) is 6. The standard InChI is InChI=1S/C13H26O9/c1-3-6(16)12(8(5-15)20-2)22-13-11(19)10(18)9(17)7(4-14)21-13/h6-19H,3-5H2,1-2H3/t6-,7?,8?,9?,10?,11?,12?,13?/m1/s1. The van der Waals surface area contributed by atoms with Crippen LogP contribution in [0.5, 0.6) is 0 Å². The molecule has 0 bridgehead atoms. The highest BCUT2D eigenvalue weighted by Gasteiger charge is 2.46. The molecule has 9 heteroatoms. The lowest BCUT2D eigenvalue weighted by molar-refractivity contribution is -0.325. The van der Waals surface area contributed by atoms with E-state index in [0.29, 0.717) is 6.42 Å². The Labute approximate surface area is 128 Å². The van der Waals surface area contributed by atoms with Crippen LogP contribution >= 0.6 is 0 Å². The molecule has 0 aliphatic carbocycles. The summed E-state index contributed by atoms with van der Waals surface area (Å²) >= 11 is 0. The van der Waals surface area contributed by atoms with E-state index in [1.54, 1.807) is 6.92 Å². The smallest absolute Gasteiger partial charge is 0.187 e. The predicted octanol–water partition coefficient (Wildman–Crippen LogP) is -3.05. The van der Waals surface area contributed by atoms with E-state index in [0.717, 1.165) is 0 Å². The fraction of sp³-hybridized carbons (Fsp3) is 1.00. The van der Waals surface area contributed by atoms with Crippen molar-refractivity contribution in [3.8, 4) is 0 Å². The van der Waals surface area contributed by atoms with Crippen LogP contribution in [-0.4, -0.2) is 100.0 Å². The molecule has 22 heavy (non-hydrogen) atoms. The Morgan fingerprint density at radius 1 is 1.09 bits per heavy atom. The summed E-state index contributed by atoms with van der Waals surface area (Å²) in [5.74, 6) is 0. The minimum Gasteiger partial charge on any atom is -0.394 e. The van der Waals surface area contributed by atoms with E-state index in [4.69, 9.17) is 19.3 Å². The average molecular weight is 326 g/mol. The van der Waals surface area contributed by atoms with E-state index >= 15 is 0 Å². The van der Waals surface area contributed by atoms with Gasteiger partial charge in [0.25, 0.3) is 0 Å². The van der Waals surface area contributed by atoms with Gasteiger partial charge in [-0.05, 0) is 6.42 Å². The van der Waals surface area contributed by atoms with Crippen molar-refractivity contribution >= 4 is 0 Å². The van der Waals surface area contributed by atoms with E-state index in [9.17, 15) is 25.5 Å². The van der Waals surface area contributed by atoms with Gasteiger partial charge in [0.1, 0.15) is 36.6 Å². The quantitative estimate of drug-likeness (QED) is 0.273. The highest BCUT2D eigenvalue weighted by atomic mass is 16.7. The first kappa shape index (κ1) is 19.7. The molecule has 1 fully saturated rings. The van der Waals surface area contributed by atoms with Crippen LogP contribution in [0, 0.1) is 0 Å². The zero-order valence-corrected chi connectivity index (χ0v) is 12.6. The van der Waals surface area contributed by atoms with E-state index in [-0.39, 0.29) is 0 Å². The second-order valence-electron chi connectivity index (χ2n) is 5.23. The van der Waals surface area contributed by atoms with Crippen molar-refractivity contribution in [1.82, 2.24) is 0 Å². The van der Waals surface area contributed by atoms with Gasteiger partial charge in [-0.3, -0.25) is 0 Å². The summed E-state index contributed by atoms with van der Waals surface area (Å²) in [6, 6.07) is 0. The van der Waals surface area contributed by atoms with Crippen LogP contribution in [0.4, 0.5) is 0 Å². The molecular formula is C13H26O9. The summed E-state index contributed by atoms with van der Waals surface area (Å²) < 4.78 is 15.7. The number of aliphatic hydroxyl groups excluding tert-OH is 6. The Bertz CT molecular complexity index is 310. The van der Waals surface area contributed by atoms with Gasteiger partial charge < -0.3 is 44.8 Å². The first-order valence-electron chi connectivity index (χ1n) is 7.18. The first-order chi connectivity index (χ1) is 10.4. The number of hydrogen-bond acceptors (Lipinski definition) is 9. The molecule has 1 aliphatic heterocycles. The summed E-state index contributed by atoms with van der Waals surface area (Å²) in [6.45, 7) is 0.674. The van der Waals surface area contributed by atoms with Crippen LogP contribution in [0.2, 0.25) is 0 Å². The van der Waals surface area contributed by atoms with Gasteiger partial charge >= 0.3 is 0 Å². The summed E-state index contributed by atoms with van der Waals surface area (Å²) in [6.07, 6.45) is -9.78. The average Bonchev–Trinajstić information content (AvgIpc) is 2.54. The number of ether oxygens (including phenoxy) is 3. The fourth-order valence-corrected chi connectivity index (χ4v) is 2.31. The molecule has 132 valence electrons. The molecule has 0 amide bonds. The molecule has 0 saturated carbocycles. The number of methoxy groups -OCH3 is 1. The molecule has 1 aliphatic rings. The fourth-order valence-electron chi connectivity index (χ4n) is 2.31. The van der Waals surface area contributed by atoms with E-state index < -0.39 is 62.2 Å². The second kappa shape index (κ2) is 9.06. The Morgan fingerprint density at radius 3 is 2.18 bits per heavy atom. The molecule has 1 rings (SSSR count). The maximum absolute atomic E-state index is 9.99. The van der Waals surface area contributed by atoms with Gasteiger partial charge in [-0.15, -0.1) is 0 Å². The molecule has 9 nitrogen and oxygen atoms in total. The van der Waals surface area contributed by atoms with Crippen LogP contribution < -0.4 is 0 Å². The van der Waals surface area contributed by atoms with Gasteiger partial charge in [0.2, 0.25) is 0 Å². The van der Waals surface area contributed by atoms with Crippen LogP contribution in [0.1, 0.15) is 13.3 Å². The predicted molar refractivity (Wildman–Crippen MR) is 72.8 cm³/mol. The maximum atomic E-state index is 9.99. The molecule has 0 aromatic rings. The third-order valence-corrected chi connectivity index (χ3v) is 3.79. The third-order valence-electron chi connectivity index (χ3n) is 3.79. The zero-order valence-electron chi connectivity index (χ0n) is 12.6. The monoisotopic (exact) mass is 326 g/mol. The summed E-state index contributed by atoms with van der Waals surface area (Å²) in [5, 5.41) is 57.7. The molecule has 0 aromatic carbocycles. The van der Waals surface area contributed by atoms with Crippen LogP contribution in [0.3, 0.4) is 0 Å². The first-order valence-corrected chi connectivity index (χ1v) is 7.18. The van der Waals surface area contributed by atoms with Crippen molar-refractivity contribution in [1.29, 1.82) is 0 Å². The van der Waals surface area contributed by atoms with E-state index in [1.165, 1.54) is 7.11 Å². The lowest BCUT2D eigenvalue weighted by Gasteiger charge is -2.42. The molecule has 0 spiro atoms. The van der Waals surface area contributed by atoms with Gasteiger partial charge in [0.05, 0.1) is 19.3 Å². The normalized spacial score (nSPS) is 36.8. The van der Waals surface area contributed by atoms with Crippen LogP contribution in [0.25, 0.3) is 0 Å². The molecule has 1 saturated heterocycles. The third kappa shape index (κ3) is 4.34. The highest BCUT2D eigenvalue weighted by molar-refractivity contribution is 4.90. The molecule has 0 radical (unpaired) electrons. The molecule has 1 heterocycles. The van der Waals surface area contributed by atoms with Gasteiger partial charge in [-0.1, -0.05) is 6.92 Å². The number of aliphatic hydroxyl groups is 6. The number of rotatable bonds is 8. The largest absolute Gasteiger partial charge is 0.394 e. The highest BCUT2D eigenvalue weighted by Crippen LogP contribution is 2.25. The van der Waals surface area contributed by atoms with Crippen LogP contribution in [0.15, 0.2) is 0 Å². The molecule has 8 atom stereocenters. The second-order valence-corrected chi connectivity index (χ2v) is 5.23. The van der Waals surface area contributed by atoms with E-state index in [1.807, 2.05) is 0 Å². The summed E-state index contributed by atoms with van der Waals surface area (Å²) in [4.78, 5) is 0. The van der Waals surface area contributed by atoms with Gasteiger partial charge in [0.15, 0.2) is 6.29 Å². The van der Waals surface area contributed by atoms with Crippen LogP contribution in [-0.2, 0) is 14.2 Å². The minimum atomic E-state index is -1.58. The molecule has 0 aromatic heterocycles. The Hall–Kier alpha value is -0.360. The van der Waals surface area contributed by atoms with Crippen molar-refractivity contribution in [2.45, 2.75) is 62.4 Å². The SMILES string of the molecule is CC[C@@H](O)C(OC1OC(CO)C(O)C(O)C1O)C(CO)OC. The van der Waals surface area contributed by atoms with Crippen molar-refractivity contribution in [3.63, 3.8) is 0 Å². The summed E-state index contributed by atoms with van der Waals surface area (Å²) in [7, 11) is 1.33. The van der Waals surface area contributed by atoms with Gasteiger partial charge in [-0.2, -0.15) is 0 Å². The van der Waals surface area contributed by atoms with Crippen molar-refractivity contribution < 1.29 is 44.8 Å². The van der Waals surface area contributed by atoms with Gasteiger partial charge in [-0.25, -0.2) is 0 Å². The maximum Gasteiger partial charge on any atom is 0.187 e. The lowest BCUT2D eigenvalue weighted by atomic mass is 9.99. The van der Waals surface area contributed by atoms with Crippen molar-refractivity contribution in [2.24, 2.45) is 0 Å². The zero-order chi connectivity index (χ0) is 16.9. The lowest BCUT2D eigenvalue weighted by Crippen LogP contribution is -2.61.